The second-order valence-corrected chi connectivity index (χ2v) is 5.20. The molecule has 2 aromatic rings. The molecule has 0 amide bonds. The van der Waals surface area contributed by atoms with E-state index in [4.69, 9.17) is 5.73 Å². The number of thiophene rings is 1. The van der Waals surface area contributed by atoms with Crippen molar-refractivity contribution >= 4 is 11.3 Å². The van der Waals surface area contributed by atoms with E-state index >= 15 is 0 Å². The summed E-state index contributed by atoms with van der Waals surface area (Å²) in [6.45, 7) is 4.06. The first-order chi connectivity index (χ1) is 7.07. The molecule has 0 aliphatic carbocycles. The number of nitrogens with two attached hydrogens (primary N) is 1. The third-order valence-corrected chi connectivity index (χ3v) is 3.38. The van der Waals surface area contributed by atoms with Gasteiger partial charge >= 0.3 is 0 Å². The molecule has 1 nitrogen and oxygen atoms in total. The standard InChI is InChI=1S/C13H15NS/c1-13(2,14)11-8-12(15-9-11)10-6-4-3-5-7-10/h3-9H,14H2,1-2H3. The van der Waals surface area contributed by atoms with E-state index in [1.807, 2.05) is 19.9 Å². The second kappa shape index (κ2) is 3.80. The van der Waals surface area contributed by atoms with Crippen molar-refractivity contribution in [2.24, 2.45) is 5.73 Å². The van der Waals surface area contributed by atoms with E-state index in [-0.39, 0.29) is 5.54 Å². The van der Waals surface area contributed by atoms with Crippen LogP contribution in [0.1, 0.15) is 19.4 Å². The summed E-state index contributed by atoms with van der Waals surface area (Å²) in [5, 5.41) is 2.14. The van der Waals surface area contributed by atoms with E-state index in [1.54, 1.807) is 11.3 Å². The first kappa shape index (κ1) is 10.4. The van der Waals surface area contributed by atoms with Crippen LogP contribution in [0.2, 0.25) is 0 Å². The van der Waals surface area contributed by atoms with Gasteiger partial charge in [-0.25, -0.2) is 0 Å². The Balaban J connectivity index is 2.37. The molecule has 15 heavy (non-hydrogen) atoms. The fourth-order valence-electron chi connectivity index (χ4n) is 1.43. The molecule has 2 N–H and O–H groups in total. The van der Waals surface area contributed by atoms with Crippen LogP contribution in [-0.4, -0.2) is 0 Å². The summed E-state index contributed by atoms with van der Waals surface area (Å²) in [4.78, 5) is 1.28. The Kier molecular flexibility index (Phi) is 2.63. The normalized spacial score (nSPS) is 11.7. The van der Waals surface area contributed by atoms with E-state index < -0.39 is 0 Å². The fraction of sp³-hybridized carbons (Fsp3) is 0.231. The van der Waals surface area contributed by atoms with Gasteiger partial charge in [-0.1, -0.05) is 30.3 Å². The third kappa shape index (κ3) is 2.28. The van der Waals surface area contributed by atoms with Crippen molar-refractivity contribution in [1.82, 2.24) is 0 Å². The van der Waals surface area contributed by atoms with Crippen molar-refractivity contribution in [2.75, 3.05) is 0 Å². The summed E-state index contributed by atoms with van der Waals surface area (Å²) < 4.78 is 0. The predicted molar refractivity (Wildman–Crippen MR) is 67.0 cm³/mol. The van der Waals surface area contributed by atoms with E-state index in [0.29, 0.717) is 0 Å². The molecule has 2 rings (SSSR count). The van der Waals surface area contributed by atoms with Crippen LogP contribution in [0, 0.1) is 0 Å². The van der Waals surface area contributed by atoms with Crippen LogP contribution in [0.5, 0.6) is 0 Å². The summed E-state index contributed by atoms with van der Waals surface area (Å²) in [5.74, 6) is 0. The van der Waals surface area contributed by atoms with Gasteiger partial charge in [-0.05, 0) is 36.4 Å². The molecule has 2 heteroatoms. The minimum atomic E-state index is -0.246. The van der Waals surface area contributed by atoms with Crippen LogP contribution in [-0.2, 0) is 5.54 Å². The molecule has 0 atom stereocenters. The quantitative estimate of drug-likeness (QED) is 0.817. The maximum atomic E-state index is 6.05. The van der Waals surface area contributed by atoms with Crippen LogP contribution < -0.4 is 5.73 Å². The maximum absolute atomic E-state index is 6.05. The Morgan fingerprint density at radius 1 is 1.13 bits per heavy atom. The van der Waals surface area contributed by atoms with Gasteiger partial charge < -0.3 is 5.73 Å². The average molecular weight is 217 g/mol. The highest BCUT2D eigenvalue weighted by Gasteiger charge is 2.16. The molecule has 0 saturated carbocycles. The smallest absolute Gasteiger partial charge is 0.0360 e. The summed E-state index contributed by atoms with van der Waals surface area (Å²) in [6.07, 6.45) is 0. The van der Waals surface area contributed by atoms with E-state index in [0.717, 1.165) is 0 Å². The van der Waals surface area contributed by atoms with Gasteiger partial charge in [0.2, 0.25) is 0 Å². The summed E-state index contributed by atoms with van der Waals surface area (Å²) in [5.41, 5.74) is 8.27. The zero-order valence-corrected chi connectivity index (χ0v) is 9.84. The molecule has 78 valence electrons. The van der Waals surface area contributed by atoms with Crippen molar-refractivity contribution in [2.45, 2.75) is 19.4 Å². The molecule has 0 unspecified atom stereocenters. The molecule has 1 heterocycles. The number of hydrogen-bond acceptors (Lipinski definition) is 2. The molecular formula is C13H15NS. The second-order valence-electron chi connectivity index (χ2n) is 4.29. The van der Waals surface area contributed by atoms with Gasteiger partial charge in [-0.15, -0.1) is 11.3 Å². The Morgan fingerprint density at radius 3 is 2.33 bits per heavy atom. The Bertz CT molecular complexity index is 437. The molecule has 0 bridgehead atoms. The summed E-state index contributed by atoms with van der Waals surface area (Å²) in [7, 11) is 0. The van der Waals surface area contributed by atoms with Crippen LogP contribution in [0.4, 0.5) is 0 Å². The summed E-state index contributed by atoms with van der Waals surface area (Å²) >= 11 is 1.75. The molecule has 0 saturated heterocycles. The fourth-order valence-corrected chi connectivity index (χ4v) is 2.52. The predicted octanol–water partition coefficient (Wildman–Crippen LogP) is 3.61. The highest BCUT2D eigenvalue weighted by atomic mass is 32.1. The Morgan fingerprint density at radius 2 is 1.80 bits per heavy atom. The van der Waals surface area contributed by atoms with Crippen LogP contribution in [0.25, 0.3) is 10.4 Å². The minimum absolute atomic E-state index is 0.246. The minimum Gasteiger partial charge on any atom is -0.322 e. The molecule has 1 aromatic heterocycles. The first-order valence-electron chi connectivity index (χ1n) is 5.01. The van der Waals surface area contributed by atoms with Gasteiger partial charge in [0.1, 0.15) is 0 Å². The zero-order valence-electron chi connectivity index (χ0n) is 9.03. The Labute approximate surface area is 94.6 Å². The van der Waals surface area contributed by atoms with Crippen LogP contribution >= 0.6 is 11.3 Å². The van der Waals surface area contributed by atoms with Crippen molar-refractivity contribution < 1.29 is 0 Å². The van der Waals surface area contributed by atoms with Crippen molar-refractivity contribution in [3.8, 4) is 10.4 Å². The number of rotatable bonds is 2. The molecule has 0 aliphatic rings. The first-order valence-corrected chi connectivity index (χ1v) is 5.88. The highest BCUT2D eigenvalue weighted by Crippen LogP contribution is 2.30. The Hall–Kier alpha value is -1.12. The van der Waals surface area contributed by atoms with Gasteiger partial charge in [0.15, 0.2) is 0 Å². The van der Waals surface area contributed by atoms with Crippen molar-refractivity contribution in [1.29, 1.82) is 0 Å². The highest BCUT2D eigenvalue weighted by molar-refractivity contribution is 7.13. The third-order valence-electron chi connectivity index (χ3n) is 2.40. The lowest BCUT2D eigenvalue weighted by Crippen LogP contribution is -2.27. The zero-order chi connectivity index (χ0) is 10.9. The van der Waals surface area contributed by atoms with Gasteiger partial charge in [0, 0.05) is 10.4 Å². The molecular weight excluding hydrogens is 202 g/mol. The lowest BCUT2D eigenvalue weighted by molar-refractivity contribution is 0.557. The topological polar surface area (TPSA) is 26.0 Å². The molecule has 0 spiro atoms. The van der Waals surface area contributed by atoms with Gasteiger partial charge in [-0.2, -0.15) is 0 Å². The molecule has 1 aromatic carbocycles. The van der Waals surface area contributed by atoms with Gasteiger partial charge in [-0.3, -0.25) is 0 Å². The number of hydrogen-bond donors (Lipinski definition) is 1. The largest absolute Gasteiger partial charge is 0.322 e. The van der Waals surface area contributed by atoms with Crippen molar-refractivity contribution in [3.05, 3.63) is 47.3 Å². The maximum Gasteiger partial charge on any atom is 0.0360 e. The van der Waals surface area contributed by atoms with Gasteiger partial charge in [0.25, 0.3) is 0 Å². The van der Waals surface area contributed by atoms with Crippen molar-refractivity contribution in [3.63, 3.8) is 0 Å². The van der Waals surface area contributed by atoms with Crippen LogP contribution in [0.3, 0.4) is 0 Å². The van der Waals surface area contributed by atoms with E-state index in [9.17, 15) is 0 Å². The van der Waals surface area contributed by atoms with Gasteiger partial charge in [0.05, 0.1) is 0 Å². The van der Waals surface area contributed by atoms with Crippen LogP contribution in [0.15, 0.2) is 41.8 Å². The SMILES string of the molecule is CC(C)(N)c1csc(-c2ccccc2)c1. The van der Waals surface area contributed by atoms with E-state index in [2.05, 4.69) is 35.7 Å². The molecule has 0 aliphatic heterocycles. The van der Waals surface area contributed by atoms with E-state index in [1.165, 1.54) is 16.0 Å². The monoisotopic (exact) mass is 217 g/mol. The molecule has 0 radical (unpaired) electrons. The number of benzene rings is 1. The molecule has 0 fully saturated rings. The summed E-state index contributed by atoms with van der Waals surface area (Å²) in [6, 6.07) is 12.6. The average Bonchev–Trinajstić information content (AvgIpc) is 2.67. The lowest BCUT2D eigenvalue weighted by Gasteiger charge is -2.16. The lowest BCUT2D eigenvalue weighted by atomic mass is 9.98.